The van der Waals surface area contributed by atoms with Gasteiger partial charge in [0.1, 0.15) is 0 Å². The largest absolute Gasteiger partial charge is 0.433 e. The average Bonchev–Trinajstić information content (AvgIpc) is 3.66. The number of aliphatic hydroxyl groups is 1. The molecule has 0 spiro atoms. The molecule has 1 N–H and O–H groups in total. The van der Waals surface area contributed by atoms with E-state index in [0.29, 0.717) is 5.56 Å². The van der Waals surface area contributed by atoms with Crippen molar-refractivity contribution in [3.8, 4) is 11.8 Å². The molecule has 176 valence electrons. The highest BCUT2D eigenvalue weighted by Crippen LogP contribution is 2.41. The highest BCUT2D eigenvalue weighted by Gasteiger charge is 2.54. The first-order chi connectivity index (χ1) is 16.1. The Labute approximate surface area is 196 Å². The Morgan fingerprint density at radius 2 is 1.53 bits per heavy atom. The van der Waals surface area contributed by atoms with Crippen LogP contribution in [0.5, 0.6) is 0 Å². The SMILES string of the molecule is O=S(=O)(c1ccccc1)N(CC1CC1)c1cccc(C(O)(C#Cc2ccccc2)C(F)(F)F)c1. The lowest BCUT2D eigenvalue weighted by molar-refractivity contribution is -0.240. The molecule has 1 unspecified atom stereocenters. The maximum Gasteiger partial charge on any atom is 0.433 e. The third-order valence-electron chi connectivity index (χ3n) is 5.58. The van der Waals surface area contributed by atoms with Crippen molar-refractivity contribution < 1.29 is 26.7 Å². The van der Waals surface area contributed by atoms with Crippen LogP contribution in [0, 0.1) is 17.8 Å². The van der Waals surface area contributed by atoms with E-state index < -0.39 is 27.4 Å². The van der Waals surface area contributed by atoms with Crippen LogP contribution in [-0.4, -0.2) is 26.2 Å². The van der Waals surface area contributed by atoms with Gasteiger partial charge in [0.2, 0.25) is 5.60 Å². The molecule has 0 radical (unpaired) electrons. The molecule has 0 aliphatic heterocycles. The Morgan fingerprint density at radius 3 is 2.12 bits per heavy atom. The summed E-state index contributed by atoms with van der Waals surface area (Å²) < 4.78 is 70.1. The zero-order valence-electron chi connectivity index (χ0n) is 18.0. The third kappa shape index (κ3) is 4.96. The maximum absolute atomic E-state index is 14.1. The first-order valence-electron chi connectivity index (χ1n) is 10.7. The fourth-order valence-corrected chi connectivity index (χ4v) is 5.03. The lowest BCUT2D eigenvalue weighted by Crippen LogP contribution is -2.41. The second-order valence-corrected chi connectivity index (χ2v) is 10.0. The molecule has 34 heavy (non-hydrogen) atoms. The minimum atomic E-state index is -5.12. The summed E-state index contributed by atoms with van der Waals surface area (Å²) in [5, 5.41) is 10.7. The molecule has 0 amide bonds. The summed E-state index contributed by atoms with van der Waals surface area (Å²) in [4.78, 5) is 0.0380. The molecule has 0 aromatic heterocycles. The van der Waals surface area contributed by atoms with Crippen LogP contribution < -0.4 is 4.31 Å². The molecule has 3 aromatic rings. The van der Waals surface area contributed by atoms with E-state index in [1.54, 1.807) is 36.4 Å². The van der Waals surface area contributed by atoms with E-state index in [9.17, 15) is 26.7 Å². The number of anilines is 1. The standard InChI is InChI=1S/C26H22F3NO3S/c27-26(28,29)25(31,17-16-20-8-3-1-4-9-20)22-10-7-11-23(18-22)30(19-21-14-15-21)34(32,33)24-12-5-2-6-13-24/h1-13,18,21,31H,14-15,19H2. The quantitative estimate of drug-likeness (QED) is 0.495. The molecule has 1 aliphatic rings. The zero-order valence-corrected chi connectivity index (χ0v) is 18.9. The number of rotatable bonds is 6. The van der Waals surface area contributed by atoms with Gasteiger partial charge in [-0.2, -0.15) is 13.2 Å². The molecular weight excluding hydrogens is 463 g/mol. The van der Waals surface area contributed by atoms with Crippen molar-refractivity contribution in [1.29, 1.82) is 0 Å². The van der Waals surface area contributed by atoms with Crippen LogP contribution in [0.2, 0.25) is 0 Å². The van der Waals surface area contributed by atoms with E-state index in [0.717, 1.165) is 29.3 Å². The average molecular weight is 486 g/mol. The Morgan fingerprint density at radius 1 is 0.912 bits per heavy atom. The van der Waals surface area contributed by atoms with Crippen molar-refractivity contribution in [2.45, 2.75) is 29.5 Å². The van der Waals surface area contributed by atoms with Crippen molar-refractivity contribution in [2.24, 2.45) is 5.92 Å². The van der Waals surface area contributed by atoms with Crippen molar-refractivity contribution >= 4 is 15.7 Å². The number of hydrogen-bond donors (Lipinski definition) is 1. The number of sulfonamides is 1. The van der Waals surface area contributed by atoms with Crippen molar-refractivity contribution in [3.05, 3.63) is 96.1 Å². The van der Waals surface area contributed by atoms with Gasteiger partial charge in [0, 0.05) is 17.7 Å². The van der Waals surface area contributed by atoms with Crippen LogP contribution in [-0.2, 0) is 15.6 Å². The summed E-state index contributed by atoms with van der Waals surface area (Å²) in [6.07, 6.45) is -3.43. The fourth-order valence-electron chi connectivity index (χ4n) is 3.47. The lowest BCUT2D eigenvalue weighted by atomic mass is 9.92. The normalized spacial score (nSPS) is 15.6. The van der Waals surface area contributed by atoms with Crippen molar-refractivity contribution in [2.75, 3.05) is 10.8 Å². The molecule has 4 nitrogen and oxygen atoms in total. The molecule has 4 rings (SSSR count). The van der Waals surface area contributed by atoms with E-state index in [1.165, 1.54) is 36.4 Å². The smallest absolute Gasteiger partial charge is 0.366 e. The summed E-state index contributed by atoms with van der Waals surface area (Å²) in [5.74, 6) is 4.48. The molecule has 1 fully saturated rings. The number of alkyl halides is 3. The summed E-state index contributed by atoms with van der Waals surface area (Å²) in [7, 11) is -4.03. The van der Waals surface area contributed by atoms with Gasteiger partial charge in [-0.1, -0.05) is 54.5 Å². The Hall–Kier alpha value is -3.28. The molecule has 0 bridgehead atoms. The van der Waals surface area contributed by atoms with E-state index in [4.69, 9.17) is 0 Å². The van der Waals surface area contributed by atoms with Gasteiger partial charge in [-0.15, -0.1) is 0 Å². The predicted molar refractivity (Wildman–Crippen MR) is 123 cm³/mol. The van der Waals surface area contributed by atoms with E-state index in [-0.39, 0.29) is 23.0 Å². The van der Waals surface area contributed by atoms with Crippen molar-refractivity contribution in [3.63, 3.8) is 0 Å². The van der Waals surface area contributed by atoms with Gasteiger partial charge in [0.15, 0.2) is 0 Å². The molecule has 0 saturated heterocycles. The van der Waals surface area contributed by atoms with Gasteiger partial charge in [-0.05, 0) is 61.1 Å². The minimum Gasteiger partial charge on any atom is -0.366 e. The summed E-state index contributed by atoms with van der Waals surface area (Å²) in [6, 6.07) is 20.6. The molecule has 0 heterocycles. The van der Waals surface area contributed by atoms with Crippen LogP contribution in [0.3, 0.4) is 0 Å². The van der Waals surface area contributed by atoms with Crippen molar-refractivity contribution in [1.82, 2.24) is 0 Å². The number of benzene rings is 3. The van der Waals surface area contributed by atoms with Crippen LogP contribution >= 0.6 is 0 Å². The van der Waals surface area contributed by atoms with Gasteiger partial charge >= 0.3 is 6.18 Å². The van der Waals surface area contributed by atoms with Gasteiger partial charge in [0.05, 0.1) is 10.6 Å². The molecule has 1 atom stereocenters. The monoisotopic (exact) mass is 485 g/mol. The summed E-state index contributed by atoms with van der Waals surface area (Å²) in [6.45, 7) is 0.140. The second-order valence-electron chi connectivity index (χ2n) is 8.17. The van der Waals surface area contributed by atoms with Crippen LogP contribution in [0.1, 0.15) is 24.0 Å². The predicted octanol–water partition coefficient (Wildman–Crippen LogP) is 5.09. The highest BCUT2D eigenvalue weighted by molar-refractivity contribution is 7.92. The minimum absolute atomic E-state index is 0.0380. The maximum atomic E-state index is 14.1. The number of halogens is 3. The van der Waals surface area contributed by atoms with Crippen LogP contribution in [0.25, 0.3) is 0 Å². The topological polar surface area (TPSA) is 57.6 Å². The molecule has 1 saturated carbocycles. The van der Waals surface area contributed by atoms with Gasteiger partial charge in [-0.3, -0.25) is 4.31 Å². The fraction of sp³-hybridized carbons (Fsp3) is 0.231. The Bertz CT molecular complexity index is 1310. The number of hydrogen-bond acceptors (Lipinski definition) is 3. The summed E-state index contributed by atoms with van der Waals surface area (Å²) >= 11 is 0. The van der Waals surface area contributed by atoms with Crippen LogP contribution in [0.4, 0.5) is 18.9 Å². The Balaban J connectivity index is 1.79. The van der Waals surface area contributed by atoms with Gasteiger partial charge in [-0.25, -0.2) is 8.42 Å². The third-order valence-corrected chi connectivity index (χ3v) is 7.38. The van der Waals surface area contributed by atoms with Crippen LogP contribution in [0.15, 0.2) is 89.8 Å². The second kappa shape index (κ2) is 9.16. The lowest BCUT2D eigenvalue weighted by Gasteiger charge is -2.29. The van der Waals surface area contributed by atoms with Gasteiger partial charge < -0.3 is 5.11 Å². The van der Waals surface area contributed by atoms with E-state index in [2.05, 4.69) is 5.92 Å². The zero-order chi connectivity index (χ0) is 24.4. The van der Waals surface area contributed by atoms with E-state index in [1.807, 2.05) is 5.92 Å². The van der Waals surface area contributed by atoms with Gasteiger partial charge in [0.25, 0.3) is 10.0 Å². The highest BCUT2D eigenvalue weighted by atomic mass is 32.2. The summed E-state index contributed by atoms with van der Waals surface area (Å²) in [5.41, 5.74) is -3.69. The molecular formula is C26H22F3NO3S. The number of nitrogens with zero attached hydrogens (tertiary/aromatic N) is 1. The first-order valence-corrected chi connectivity index (χ1v) is 12.1. The first kappa shape index (κ1) is 23.9. The Kier molecular flexibility index (Phi) is 6.43. The molecule has 1 aliphatic carbocycles. The molecule has 8 heteroatoms. The molecule has 3 aromatic carbocycles. The van der Waals surface area contributed by atoms with E-state index >= 15 is 0 Å².